The van der Waals surface area contributed by atoms with Gasteiger partial charge in [0.15, 0.2) is 12.6 Å². The maximum Gasteiger partial charge on any atom is 0.302 e. The summed E-state index contributed by atoms with van der Waals surface area (Å²) < 4.78 is 24.3. The summed E-state index contributed by atoms with van der Waals surface area (Å²) in [6.07, 6.45) is 4.82. The highest BCUT2D eigenvalue weighted by Gasteiger charge is 2.71. The van der Waals surface area contributed by atoms with Crippen molar-refractivity contribution in [1.82, 2.24) is 0 Å². The molecule has 6 nitrogen and oxygen atoms in total. The van der Waals surface area contributed by atoms with Gasteiger partial charge in [-0.3, -0.25) is 4.79 Å². The molecule has 0 aromatic carbocycles. The smallest absolute Gasteiger partial charge is 0.302 e. The fraction of sp³-hybridized carbons (Fsp3) is 0.957. The number of aliphatic hydroxyl groups excluding tert-OH is 1. The van der Waals surface area contributed by atoms with Gasteiger partial charge in [-0.2, -0.15) is 0 Å². The number of carbonyl (C=O) groups is 1. The lowest BCUT2D eigenvalue weighted by atomic mass is 9.43. The summed E-state index contributed by atoms with van der Waals surface area (Å²) in [6, 6.07) is 0. The minimum Gasteiger partial charge on any atom is -0.462 e. The molecule has 0 radical (unpaired) electrons. The van der Waals surface area contributed by atoms with Crippen LogP contribution < -0.4 is 0 Å². The fourth-order valence-corrected chi connectivity index (χ4v) is 7.94. The average Bonchev–Trinajstić information content (AvgIpc) is 3.13. The number of ether oxygens (including phenoxy) is 4. The summed E-state index contributed by atoms with van der Waals surface area (Å²) in [4.78, 5) is 11.9. The van der Waals surface area contributed by atoms with Crippen LogP contribution in [0.2, 0.25) is 0 Å². The lowest BCUT2D eigenvalue weighted by Crippen LogP contribution is -2.67. The predicted octanol–water partition coefficient (Wildman–Crippen LogP) is 3.79. The lowest BCUT2D eigenvalue weighted by molar-refractivity contribution is -0.296. The molecule has 4 rings (SSSR count). The molecule has 2 saturated heterocycles. The highest BCUT2D eigenvalue weighted by molar-refractivity contribution is 5.66. The first kappa shape index (κ1) is 21.5. The Kier molecular flexibility index (Phi) is 5.13. The summed E-state index contributed by atoms with van der Waals surface area (Å²) in [5.41, 5.74) is -1.00. The molecule has 1 N–H and O–H groups in total. The number of esters is 1. The molecule has 2 spiro atoms. The third kappa shape index (κ3) is 3.00. The molecular formula is C23H38O6. The molecule has 2 aliphatic heterocycles. The first-order chi connectivity index (χ1) is 13.5. The van der Waals surface area contributed by atoms with Crippen LogP contribution >= 0.6 is 0 Å². The SMILES string of the molecule is CO[C@@H]1O[C@@H](O)C[C@@]12CC[C@@]1(O2)[C@H](C)C[C@@H](OC(C)=O)[C@H]2C(C)(C)CCC[C@@]21C. The van der Waals surface area contributed by atoms with Crippen molar-refractivity contribution < 1.29 is 28.8 Å². The zero-order valence-corrected chi connectivity index (χ0v) is 18.8. The van der Waals surface area contributed by atoms with Crippen LogP contribution in [0, 0.1) is 22.7 Å². The highest BCUT2D eigenvalue weighted by atomic mass is 16.8. The molecular weight excluding hydrogens is 372 g/mol. The standard InChI is InChI=1S/C23H38O6/c1-14-12-16(27-15(2)24)18-20(3,4)8-7-9-21(18,5)23(14)11-10-22(29-23)13-17(25)28-19(22)26-6/h14,16-19,25H,7-13H2,1-6H3/t14-,16-,17-,18+,19-,21+,22+,23-/m1/s1. The van der Waals surface area contributed by atoms with Crippen LogP contribution in [0.4, 0.5) is 0 Å². The van der Waals surface area contributed by atoms with Gasteiger partial charge in [0.05, 0.1) is 5.60 Å². The second-order valence-corrected chi connectivity index (χ2v) is 10.9. The van der Waals surface area contributed by atoms with E-state index in [1.807, 2.05) is 0 Å². The second kappa shape index (κ2) is 6.91. The topological polar surface area (TPSA) is 74.2 Å². The number of aliphatic hydroxyl groups is 1. The van der Waals surface area contributed by atoms with Gasteiger partial charge in [0.2, 0.25) is 0 Å². The van der Waals surface area contributed by atoms with Gasteiger partial charge in [-0.15, -0.1) is 0 Å². The highest BCUT2D eigenvalue weighted by Crippen LogP contribution is 2.69. The molecule has 0 aromatic heterocycles. The van der Waals surface area contributed by atoms with Crippen LogP contribution in [-0.4, -0.2) is 48.1 Å². The number of rotatable bonds is 2. The van der Waals surface area contributed by atoms with E-state index in [1.54, 1.807) is 7.11 Å². The van der Waals surface area contributed by atoms with E-state index >= 15 is 0 Å². The molecule has 29 heavy (non-hydrogen) atoms. The van der Waals surface area contributed by atoms with Crippen molar-refractivity contribution in [1.29, 1.82) is 0 Å². The van der Waals surface area contributed by atoms with E-state index in [9.17, 15) is 9.90 Å². The van der Waals surface area contributed by atoms with Crippen molar-refractivity contribution >= 4 is 5.97 Å². The van der Waals surface area contributed by atoms with Crippen molar-refractivity contribution in [3.05, 3.63) is 0 Å². The lowest BCUT2D eigenvalue weighted by Gasteiger charge is -2.65. The van der Waals surface area contributed by atoms with Crippen LogP contribution in [0.1, 0.15) is 79.6 Å². The fourth-order valence-electron chi connectivity index (χ4n) is 7.94. The molecule has 0 amide bonds. The van der Waals surface area contributed by atoms with Crippen molar-refractivity contribution in [2.45, 2.75) is 109 Å². The van der Waals surface area contributed by atoms with Gasteiger partial charge in [0, 0.05) is 31.8 Å². The Hall–Kier alpha value is -0.690. The summed E-state index contributed by atoms with van der Waals surface area (Å²) in [5, 5.41) is 10.2. The number of hydrogen-bond donors (Lipinski definition) is 1. The molecule has 4 aliphatic rings. The minimum absolute atomic E-state index is 0.0612. The van der Waals surface area contributed by atoms with Crippen molar-refractivity contribution in [3.63, 3.8) is 0 Å². The summed E-state index contributed by atoms with van der Waals surface area (Å²) in [5.74, 6) is 0.265. The van der Waals surface area contributed by atoms with Gasteiger partial charge >= 0.3 is 5.97 Å². The van der Waals surface area contributed by atoms with Gasteiger partial charge in [0.1, 0.15) is 11.7 Å². The Morgan fingerprint density at radius 3 is 2.52 bits per heavy atom. The van der Waals surface area contributed by atoms with E-state index in [0.29, 0.717) is 6.42 Å². The Labute approximate surface area is 174 Å². The molecule has 4 fully saturated rings. The number of methoxy groups -OCH3 is 1. The Bertz CT molecular complexity index is 664. The minimum atomic E-state index is -0.853. The van der Waals surface area contributed by atoms with E-state index in [0.717, 1.165) is 38.5 Å². The maximum absolute atomic E-state index is 11.9. The Morgan fingerprint density at radius 2 is 1.86 bits per heavy atom. The largest absolute Gasteiger partial charge is 0.462 e. The maximum atomic E-state index is 11.9. The first-order valence-corrected chi connectivity index (χ1v) is 11.2. The van der Waals surface area contributed by atoms with Gasteiger partial charge < -0.3 is 24.1 Å². The van der Waals surface area contributed by atoms with Crippen LogP contribution in [0.25, 0.3) is 0 Å². The van der Waals surface area contributed by atoms with Gasteiger partial charge in [-0.25, -0.2) is 0 Å². The van der Waals surface area contributed by atoms with Crippen LogP contribution in [0.3, 0.4) is 0 Å². The third-order valence-corrected chi connectivity index (χ3v) is 8.83. The van der Waals surface area contributed by atoms with Gasteiger partial charge in [-0.05, 0) is 43.4 Å². The van der Waals surface area contributed by atoms with Crippen molar-refractivity contribution in [2.24, 2.45) is 22.7 Å². The van der Waals surface area contributed by atoms with Crippen LogP contribution in [0.15, 0.2) is 0 Å². The molecule has 166 valence electrons. The quantitative estimate of drug-likeness (QED) is 0.698. The Balaban J connectivity index is 1.75. The summed E-state index contributed by atoms with van der Waals surface area (Å²) >= 11 is 0. The van der Waals surface area contributed by atoms with E-state index in [4.69, 9.17) is 18.9 Å². The van der Waals surface area contributed by atoms with E-state index in [-0.39, 0.29) is 40.3 Å². The summed E-state index contributed by atoms with van der Waals surface area (Å²) in [7, 11) is 1.62. The average molecular weight is 411 g/mol. The second-order valence-electron chi connectivity index (χ2n) is 10.9. The predicted molar refractivity (Wildman–Crippen MR) is 107 cm³/mol. The monoisotopic (exact) mass is 410 g/mol. The normalized spacial score (nSPS) is 51.3. The molecule has 0 bridgehead atoms. The summed E-state index contributed by atoms with van der Waals surface area (Å²) in [6.45, 7) is 10.8. The first-order valence-electron chi connectivity index (χ1n) is 11.2. The zero-order chi connectivity index (χ0) is 21.2. The molecule has 2 aliphatic carbocycles. The van der Waals surface area contributed by atoms with Crippen LogP contribution in [-0.2, 0) is 23.7 Å². The molecule has 8 atom stereocenters. The van der Waals surface area contributed by atoms with Gasteiger partial charge in [-0.1, -0.05) is 34.1 Å². The van der Waals surface area contributed by atoms with E-state index < -0.39 is 18.2 Å². The molecule has 6 heteroatoms. The third-order valence-electron chi connectivity index (χ3n) is 8.83. The number of hydrogen-bond acceptors (Lipinski definition) is 6. The van der Waals surface area contributed by atoms with Crippen molar-refractivity contribution in [2.75, 3.05) is 7.11 Å². The van der Waals surface area contributed by atoms with E-state index in [2.05, 4.69) is 27.7 Å². The van der Waals surface area contributed by atoms with E-state index in [1.165, 1.54) is 6.92 Å². The Morgan fingerprint density at radius 1 is 1.14 bits per heavy atom. The number of fused-ring (bicyclic) bond motifs is 2. The molecule has 0 aromatic rings. The van der Waals surface area contributed by atoms with Gasteiger partial charge in [0.25, 0.3) is 0 Å². The van der Waals surface area contributed by atoms with Crippen molar-refractivity contribution in [3.8, 4) is 0 Å². The zero-order valence-electron chi connectivity index (χ0n) is 18.8. The molecule has 0 unspecified atom stereocenters. The number of carbonyl (C=O) groups excluding carboxylic acids is 1. The molecule has 2 heterocycles. The van der Waals surface area contributed by atoms with Crippen LogP contribution in [0.5, 0.6) is 0 Å². The molecule has 2 saturated carbocycles.